The van der Waals surface area contributed by atoms with Crippen LogP contribution in [0.1, 0.15) is 23.6 Å². The summed E-state index contributed by atoms with van der Waals surface area (Å²) >= 11 is 1.10. The third kappa shape index (κ3) is 5.81. The number of hydrogen-bond acceptors (Lipinski definition) is 9. The summed E-state index contributed by atoms with van der Waals surface area (Å²) in [5.41, 5.74) is 2.17. The minimum atomic E-state index is -3.87. The molecule has 0 aliphatic carbocycles. The molecule has 3 aromatic rings. The van der Waals surface area contributed by atoms with Crippen LogP contribution >= 0.6 is 11.3 Å². The van der Waals surface area contributed by atoms with Crippen LogP contribution in [0.4, 0.5) is 0 Å². The van der Waals surface area contributed by atoms with Crippen LogP contribution < -0.4 is 10.5 Å². The summed E-state index contributed by atoms with van der Waals surface area (Å²) in [4.78, 5) is 25.1. The number of aromatic nitrogens is 3. The molecule has 0 saturated carbocycles. The standard InChI is InChI=1S/C18H21N5O5S3/c1-2-6-30(25,26)16(17(24)22-5-7-31(19,27)28)18-23-14-4-3-12(8-15(14)29-18)13-9-20-11-21-10-13/h3-4,8-11,16H,2,5-7H2,1H3,(H,22,24)(H2,19,27,28). The summed E-state index contributed by atoms with van der Waals surface area (Å²) in [6.45, 7) is 1.40. The van der Waals surface area contributed by atoms with Crippen molar-refractivity contribution in [2.75, 3.05) is 18.1 Å². The highest BCUT2D eigenvalue weighted by Gasteiger charge is 2.36. The Labute approximate surface area is 183 Å². The van der Waals surface area contributed by atoms with Crippen LogP contribution in [0.2, 0.25) is 0 Å². The quantitative estimate of drug-likeness (QED) is 0.456. The van der Waals surface area contributed by atoms with Gasteiger partial charge in [-0.05, 0) is 24.1 Å². The number of sulfonamides is 1. The van der Waals surface area contributed by atoms with E-state index in [2.05, 4.69) is 20.3 Å². The molecule has 1 amide bonds. The molecule has 2 aromatic heterocycles. The average Bonchev–Trinajstić information content (AvgIpc) is 3.09. The van der Waals surface area contributed by atoms with Gasteiger partial charge in [0.1, 0.15) is 11.3 Å². The lowest BCUT2D eigenvalue weighted by molar-refractivity contribution is -0.120. The first-order chi connectivity index (χ1) is 14.6. The molecule has 0 aliphatic heterocycles. The van der Waals surface area contributed by atoms with Crippen molar-refractivity contribution >= 4 is 47.3 Å². The van der Waals surface area contributed by atoms with E-state index in [0.717, 1.165) is 22.5 Å². The lowest BCUT2D eigenvalue weighted by Crippen LogP contribution is -2.38. The molecule has 10 nitrogen and oxygen atoms in total. The highest BCUT2D eigenvalue weighted by molar-refractivity contribution is 7.92. The number of fused-ring (bicyclic) bond motifs is 1. The number of carbonyl (C=O) groups excluding carboxylic acids is 1. The molecule has 2 heterocycles. The summed E-state index contributed by atoms with van der Waals surface area (Å²) in [7, 11) is -7.66. The number of hydrogen-bond donors (Lipinski definition) is 2. The van der Waals surface area contributed by atoms with Crippen molar-refractivity contribution in [3.05, 3.63) is 41.9 Å². The van der Waals surface area contributed by atoms with E-state index in [1.54, 1.807) is 25.4 Å². The van der Waals surface area contributed by atoms with Gasteiger partial charge in [0.15, 0.2) is 15.1 Å². The van der Waals surface area contributed by atoms with Gasteiger partial charge in [-0.3, -0.25) is 4.79 Å². The van der Waals surface area contributed by atoms with Crippen molar-refractivity contribution in [2.24, 2.45) is 5.14 Å². The topological polar surface area (TPSA) is 162 Å². The second-order valence-corrected chi connectivity index (χ2v) is 11.8. The summed E-state index contributed by atoms with van der Waals surface area (Å²) in [6.07, 6.45) is 5.06. The lowest BCUT2D eigenvalue weighted by Gasteiger charge is -2.15. The number of benzene rings is 1. The number of sulfone groups is 1. The number of nitrogens with zero attached hydrogens (tertiary/aromatic N) is 3. The number of rotatable bonds is 9. The minimum absolute atomic E-state index is 0.123. The molecular weight excluding hydrogens is 462 g/mol. The Morgan fingerprint density at radius 1 is 1.13 bits per heavy atom. The molecule has 0 saturated heterocycles. The van der Waals surface area contributed by atoms with Gasteiger partial charge in [0.25, 0.3) is 0 Å². The zero-order valence-electron chi connectivity index (χ0n) is 16.6. The van der Waals surface area contributed by atoms with Crippen LogP contribution in [0.15, 0.2) is 36.9 Å². The first kappa shape index (κ1) is 23.2. The highest BCUT2D eigenvalue weighted by Crippen LogP contribution is 2.34. The smallest absolute Gasteiger partial charge is 0.245 e. The van der Waals surface area contributed by atoms with E-state index in [4.69, 9.17) is 5.14 Å². The van der Waals surface area contributed by atoms with E-state index in [1.807, 2.05) is 12.1 Å². The molecule has 3 N–H and O–H groups in total. The van der Waals surface area contributed by atoms with Crippen molar-refractivity contribution in [3.8, 4) is 11.1 Å². The third-order valence-corrected chi connectivity index (χ3v) is 8.43. The Morgan fingerprint density at radius 2 is 1.84 bits per heavy atom. The first-order valence-corrected chi connectivity index (χ1v) is 13.5. The molecule has 0 spiro atoms. The van der Waals surface area contributed by atoms with Gasteiger partial charge < -0.3 is 5.32 Å². The van der Waals surface area contributed by atoms with E-state index >= 15 is 0 Å². The zero-order valence-corrected chi connectivity index (χ0v) is 19.0. The largest absolute Gasteiger partial charge is 0.354 e. The van der Waals surface area contributed by atoms with Crippen molar-refractivity contribution in [2.45, 2.75) is 18.6 Å². The fourth-order valence-corrected chi connectivity index (χ4v) is 6.46. The Hall–Kier alpha value is -2.48. The molecule has 0 bridgehead atoms. The van der Waals surface area contributed by atoms with E-state index in [1.165, 1.54) is 6.33 Å². The molecule has 166 valence electrons. The first-order valence-electron chi connectivity index (χ1n) is 9.26. The Bertz CT molecular complexity index is 1290. The summed E-state index contributed by atoms with van der Waals surface area (Å²) in [5.74, 6) is -1.53. The van der Waals surface area contributed by atoms with Crippen molar-refractivity contribution in [3.63, 3.8) is 0 Å². The van der Waals surface area contributed by atoms with Gasteiger partial charge in [-0.1, -0.05) is 13.0 Å². The maximum Gasteiger partial charge on any atom is 0.245 e. The summed E-state index contributed by atoms with van der Waals surface area (Å²) in [6, 6.07) is 5.38. The Kier molecular flexibility index (Phi) is 6.99. The number of carbonyl (C=O) groups is 1. The normalized spacial score (nSPS) is 13.2. The monoisotopic (exact) mass is 483 g/mol. The zero-order chi connectivity index (χ0) is 22.6. The van der Waals surface area contributed by atoms with Gasteiger partial charge in [0.05, 0.1) is 21.7 Å². The van der Waals surface area contributed by atoms with Gasteiger partial charge in [0.2, 0.25) is 15.9 Å². The van der Waals surface area contributed by atoms with Crippen molar-refractivity contribution in [1.29, 1.82) is 0 Å². The van der Waals surface area contributed by atoms with E-state index in [0.29, 0.717) is 16.6 Å². The SMILES string of the molecule is CCCS(=O)(=O)C(C(=O)NCCS(N)(=O)=O)c1nc2ccc(-c3cncnc3)cc2s1. The molecule has 13 heteroatoms. The molecular formula is C18H21N5O5S3. The average molecular weight is 484 g/mol. The van der Waals surface area contributed by atoms with E-state index < -0.39 is 36.8 Å². The second-order valence-electron chi connectivity index (χ2n) is 6.77. The van der Waals surface area contributed by atoms with Crippen molar-refractivity contribution in [1.82, 2.24) is 20.3 Å². The molecule has 1 atom stereocenters. The van der Waals surface area contributed by atoms with Gasteiger partial charge in [-0.15, -0.1) is 11.3 Å². The molecule has 1 aromatic carbocycles. The lowest BCUT2D eigenvalue weighted by atomic mass is 10.1. The number of amides is 1. The Balaban J connectivity index is 1.97. The van der Waals surface area contributed by atoms with Gasteiger partial charge in [0, 0.05) is 24.5 Å². The predicted octanol–water partition coefficient (Wildman–Crippen LogP) is 1.02. The van der Waals surface area contributed by atoms with Gasteiger partial charge in [-0.2, -0.15) is 0 Å². The van der Waals surface area contributed by atoms with E-state index in [9.17, 15) is 21.6 Å². The maximum atomic E-state index is 12.8. The fourth-order valence-electron chi connectivity index (χ4n) is 2.92. The number of nitrogens with one attached hydrogen (secondary N) is 1. The van der Waals surface area contributed by atoms with Crippen LogP contribution in [0, 0.1) is 0 Å². The molecule has 31 heavy (non-hydrogen) atoms. The molecule has 1 unspecified atom stereocenters. The van der Waals surface area contributed by atoms with Crippen LogP contribution in [0.3, 0.4) is 0 Å². The molecule has 0 radical (unpaired) electrons. The molecule has 3 rings (SSSR count). The van der Waals surface area contributed by atoms with Crippen molar-refractivity contribution < 1.29 is 21.6 Å². The number of nitrogens with two attached hydrogens (primary N) is 1. The molecule has 0 fully saturated rings. The third-order valence-electron chi connectivity index (χ3n) is 4.29. The van der Waals surface area contributed by atoms with Crippen LogP contribution in [0.5, 0.6) is 0 Å². The highest BCUT2D eigenvalue weighted by atomic mass is 32.2. The van der Waals surface area contributed by atoms with Gasteiger partial charge >= 0.3 is 0 Å². The minimum Gasteiger partial charge on any atom is -0.354 e. The molecule has 0 aliphatic rings. The Morgan fingerprint density at radius 3 is 2.48 bits per heavy atom. The maximum absolute atomic E-state index is 12.8. The van der Waals surface area contributed by atoms with E-state index in [-0.39, 0.29) is 17.3 Å². The summed E-state index contributed by atoms with van der Waals surface area (Å²) in [5, 5.41) is 5.89. The van der Waals surface area contributed by atoms with Crippen LogP contribution in [-0.2, 0) is 24.7 Å². The second kappa shape index (κ2) is 9.34. The number of primary sulfonamides is 1. The van der Waals surface area contributed by atoms with Crippen LogP contribution in [0.25, 0.3) is 21.3 Å². The predicted molar refractivity (Wildman–Crippen MR) is 118 cm³/mol. The van der Waals surface area contributed by atoms with Gasteiger partial charge in [-0.25, -0.2) is 36.9 Å². The summed E-state index contributed by atoms with van der Waals surface area (Å²) < 4.78 is 48.6. The fraction of sp³-hybridized carbons (Fsp3) is 0.333. The number of thiazole rings is 1. The van der Waals surface area contributed by atoms with Crippen LogP contribution in [-0.4, -0.2) is 55.7 Å².